The zero-order chi connectivity index (χ0) is 44.0. The van der Waals surface area contributed by atoms with Gasteiger partial charge >= 0.3 is 0 Å². The fourth-order valence-electron chi connectivity index (χ4n) is 9.91. The lowest BCUT2D eigenvalue weighted by Crippen LogP contribution is -2.16. The number of anilines is 2. The Bertz CT molecular complexity index is 3760. The van der Waals surface area contributed by atoms with Crippen LogP contribution in [0.5, 0.6) is 0 Å². The lowest BCUT2D eigenvalue weighted by molar-refractivity contribution is 0.670. The maximum atomic E-state index is 6.44. The summed E-state index contributed by atoms with van der Waals surface area (Å²) in [5, 5.41) is 7.11. The second-order valence-corrected chi connectivity index (χ2v) is 16.9. The summed E-state index contributed by atoms with van der Waals surface area (Å²) in [6, 6.07) is 80.5. The number of rotatable bonds is 10. The first-order valence-corrected chi connectivity index (χ1v) is 22.6. The Morgan fingerprint density at radius 1 is 0.455 bits per heavy atom. The second-order valence-electron chi connectivity index (χ2n) is 16.9. The van der Waals surface area contributed by atoms with Crippen molar-refractivity contribution >= 4 is 78.0 Å². The molecule has 0 aliphatic heterocycles. The predicted octanol–water partition coefficient (Wildman–Crippen LogP) is 17.3. The van der Waals surface area contributed by atoms with E-state index in [-0.39, 0.29) is 0 Å². The molecule has 12 aromatic rings. The standard InChI is InChI=1S/C63H44N2O/c1-2-43-32-33-47-41-48(54-25-15-26-58-57-24-9-13-31-62(57)66-63(54)58)36-39-52(47)51(43)27-16-40-64(50-20-14-19-46(42-50)44-17-4-3-5-18-44)49-37-34-45(35-38-49)53-21-6-10-28-59(53)65-60-29-11-7-22-55(60)56-23-8-12-30-61(56)65/h2-39,41-42H,1,40H2/b27-16-. The molecule has 3 nitrogen and oxygen atoms in total. The van der Waals surface area contributed by atoms with Crippen LogP contribution in [0.3, 0.4) is 0 Å². The van der Waals surface area contributed by atoms with Crippen LogP contribution in [0.15, 0.2) is 242 Å². The highest BCUT2D eigenvalue weighted by atomic mass is 16.3. The smallest absolute Gasteiger partial charge is 0.143 e. The minimum Gasteiger partial charge on any atom is -0.455 e. The number of hydrogen-bond donors (Lipinski definition) is 0. The highest BCUT2D eigenvalue weighted by molar-refractivity contribution is 6.11. The second kappa shape index (κ2) is 16.5. The van der Waals surface area contributed by atoms with Crippen molar-refractivity contribution in [1.82, 2.24) is 4.57 Å². The molecule has 0 amide bonds. The molecule has 0 spiro atoms. The topological polar surface area (TPSA) is 21.3 Å². The fourth-order valence-corrected chi connectivity index (χ4v) is 9.91. The van der Waals surface area contributed by atoms with Gasteiger partial charge in [-0.15, -0.1) is 0 Å². The van der Waals surface area contributed by atoms with Crippen molar-refractivity contribution in [3.63, 3.8) is 0 Å². The first-order valence-electron chi connectivity index (χ1n) is 22.6. The van der Waals surface area contributed by atoms with E-state index < -0.39 is 0 Å². The Kier molecular flexibility index (Phi) is 9.73. The molecule has 3 heteroatoms. The molecule has 0 bridgehead atoms. The van der Waals surface area contributed by atoms with Gasteiger partial charge in [0.2, 0.25) is 0 Å². The van der Waals surface area contributed by atoms with Crippen LogP contribution in [0.4, 0.5) is 11.4 Å². The van der Waals surface area contributed by atoms with Gasteiger partial charge in [-0.05, 0) is 98.8 Å². The Balaban J connectivity index is 0.918. The van der Waals surface area contributed by atoms with Crippen molar-refractivity contribution in [2.45, 2.75) is 0 Å². The molecule has 0 atom stereocenters. The van der Waals surface area contributed by atoms with Gasteiger partial charge in [-0.3, -0.25) is 0 Å². The van der Waals surface area contributed by atoms with Crippen LogP contribution in [0, 0.1) is 0 Å². The molecule has 312 valence electrons. The molecule has 10 aromatic carbocycles. The summed E-state index contributed by atoms with van der Waals surface area (Å²) >= 11 is 0. The van der Waals surface area contributed by atoms with Crippen LogP contribution in [0.2, 0.25) is 0 Å². The molecule has 0 saturated carbocycles. The highest BCUT2D eigenvalue weighted by Gasteiger charge is 2.17. The van der Waals surface area contributed by atoms with E-state index in [1.807, 2.05) is 18.2 Å². The lowest BCUT2D eigenvalue weighted by Gasteiger charge is -2.25. The zero-order valence-corrected chi connectivity index (χ0v) is 36.3. The monoisotopic (exact) mass is 844 g/mol. The average molecular weight is 845 g/mol. The van der Waals surface area contributed by atoms with Gasteiger partial charge in [-0.1, -0.05) is 195 Å². The SMILES string of the molecule is C=Cc1ccc2cc(-c3cccc4c3oc3ccccc34)ccc2c1/C=C\CN(c1ccc(-c2ccccc2-n2c3ccccc3c3ccccc32)cc1)c1cccc(-c2ccccc2)c1. The quantitative estimate of drug-likeness (QED) is 0.137. The van der Waals surface area contributed by atoms with Crippen LogP contribution in [0.1, 0.15) is 11.1 Å². The van der Waals surface area contributed by atoms with Crippen molar-refractivity contribution in [3.05, 3.63) is 248 Å². The summed E-state index contributed by atoms with van der Waals surface area (Å²) in [5.74, 6) is 0. The van der Waals surface area contributed by atoms with E-state index in [4.69, 9.17) is 4.42 Å². The maximum absolute atomic E-state index is 6.44. The van der Waals surface area contributed by atoms with E-state index in [2.05, 4.69) is 241 Å². The zero-order valence-electron chi connectivity index (χ0n) is 36.3. The summed E-state index contributed by atoms with van der Waals surface area (Å²) in [5.41, 5.74) is 16.8. The van der Waals surface area contributed by atoms with Crippen molar-refractivity contribution in [3.8, 4) is 39.1 Å². The third-order valence-electron chi connectivity index (χ3n) is 13.1. The molecule has 0 fully saturated rings. The summed E-state index contributed by atoms with van der Waals surface area (Å²) in [7, 11) is 0. The lowest BCUT2D eigenvalue weighted by atomic mass is 9.94. The fraction of sp³-hybridized carbons (Fsp3) is 0.0159. The van der Waals surface area contributed by atoms with Gasteiger partial charge in [-0.2, -0.15) is 0 Å². The Morgan fingerprint density at radius 3 is 1.91 bits per heavy atom. The van der Waals surface area contributed by atoms with Crippen LogP contribution < -0.4 is 4.90 Å². The Hall–Kier alpha value is -8.66. The minimum absolute atomic E-state index is 0.647. The first-order chi connectivity index (χ1) is 32.7. The molecule has 0 N–H and O–H groups in total. The number of benzene rings is 10. The Morgan fingerprint density at radius 2 is 1.11 bits per heavy atom. The number of nitrogens with zero attached hydrogens (tertiary/aromatic N) is 2. The van der Waals surface area contributed by atoms with Crippen molar-refractivity contribution in [2.24, 2.45) is 0 Å². The van der Waals surface area contributed by atoms with E-state index in [1.165, 1.54) is 43.9 Å². The predicted molar refractivity (Wildman–Crippen MR) is 281 cm³/mol. The van der Waals surface area contributed by atoms with E-state index in [0.29, 0.717) is 6.54 Å². The highest BCUT2D eigenvalue weighted by Crippen LogP contribution is 2.40. The molecule has 0 aliphatic rings. The van der Waals surface area contributed by atoms with Gasteiger partial charge in [0.1, 0.15) is 11.2 Å². The summed E-state index contributed by atoms with van der Waals surface area (Å²) < 4.78 is 8.85. The van der Waals surface area contributed by atoms with Gasteiger partial charge in [0.25, 0.3) is 0 Å². The molecular weight excluding hydrogens is 801 g/mol. The van der Waals surface area contributed by atoms with E-state index in [0.717, 1.165) is 72.2 Å². The number of fused-ring (bicyclic) bond motifs is 7. The van der Waals surface area contributed by atoms with Crippen molar-refractivity contribution < 1.29 is 4.42 Å². The Labute approximate surface area is 384 Å². The van der Waals surface area contributed by atoms with Crippen molar-refractivity contribution in [1.29, 1.82) is 0 Å². The van der Waals surface area contributed by atoms with Crippen LogP contribution in [-0.2, 0) is 0 Å². The van der Waals surface area contributed by atoms with Crippen molar-refractivity contribution in [2.75, 3.05) is 11.4 Å². The van der Waals surface area contributed by atoms with E-state index in [9.17, 15) is 0 Å². The van der Waals surface area contributed by atoms with Gasteiger partial charge in [0.15, 0.2) is 0 Å². The number of aromatic nitrogens is 1. The third-order valence-corrected chi connectivity index (χ3v) is 13.1. The normalized spacial score (nSPS) is 11.7. The molecular formula is C63H44N2O. The van der Waals surface area contributed by atoms with Crippen LogP contribution >= 0.6 is 0 Å². The van der Waals surface area contributed by atoms with E-state index in [1.54, 1.807) is 0 Å². The summed E-state index contributed by atoms with van der Waals surface area (Å²) in [6.07, 6.45) is 6.51. The third kappa shape index (κ3) is 6.77. The number of hydrogen-bond acceptors (Lipinski definition) is 2. The minimum atomic E-state index is 0.647. The average Bonchev–Trinajstić information content (AvgIpc) is 3.94. The van der Waals surface area contributed by atoms with Crippen LogP contribution in [0.25, 0.3) is 106 Å². The van der Waals surface area contributed by atoms with Crippen LogP contribution in [-0.4, -0.2) is 11.1 Å². The molecule has 0 unspecified atom stereocenters. The summed E-state index contributed by atoms with van der Waals surface area (Å²) in [4.78, 5) is 2.40. The van der Waals surface area contributed by atoms with Gasteiger partial charge in [0.05, 0.1) is 16.7 Å². The maximum Gasteiger partial charge on any atom is 0.143 e. The van der Waals surface area contributed by atoms with Gasteiger partial charge in [0, 0.05) is 50.6 Å². The molecule has 0 radical (unpaired) electrons. The van der Waals surface area contributed by atoms with Gasteiger partial charge < -0.3 is 13.9 Å². The molecule has 2 aromatic heterocycles. The number of para-hydroxylation sites is 5. The summed E-state index contributed by atoms with van der Waals surface area (Å²) in [6.45, 7) is 4.87. The number of furan rings is 1. The molecule has 0 aliphatic carbocycles. The molecule has 12 rings (SSSR count). The first kappa shape index (κ1) is 39.0. The van der Waals surface area contributed by atoms with E-state index >= 15 is 0 Å². The molecule has 66 heavy (non-hydrogen) atoms. The largest absolute Gasteiger partial charge is 0.455 e. The molecule has 0 saturated heterocycles. The molecule has 2 heterocycles. The van der Waals surface area contributed by atoms with Gasteiger partial charge in [-0.25, -0.2) is 0 Å².